The number of nitrogens with zero attached hydrogens (tertiary/aromatic N) is 1. The summed E-state index contributed by atoms with van der Waals surface area (Å²) in [6, 6.07) is 0.595. The van der Waals surface area contributed by atoms with Gasteiger partial charge in [-0.05, 0) is 19.9 Å². The molecular formula is C8H17N2O. The van der Waals surface area contributed by atoms with Crippen LogP contribution in [0.1, 0.15) is 12.8 Å². The van der Waals surface area contributed by atoms with Gasteiger partial charge in [0.25, 0.3) is 0 Å². The maximum absolute atomic E-state index is 10.2. The number of hydrogen-bond donors (Lipinski definition) is 1. The van der Waals surface area contributed by atoms with Crippen LogP contribution in [0.3, 0.4) is 0 Å². The van der Waals surface area contributed by atoms with Crippen molar-refractivity contribution in [3.05, 3.63) is 0 Å². The van der Waals surface area contributed by atoms with Gasteiger partial charge in [0.05, 0.1) is 6.61 Å². The van der Waals surface area contributed by atoms with Gasteiger partial charge in [-0.15, -0.1) is 0 Å². The zero-order valence-corrected chi connectivity index (χ0v) is 7.18. The molecule has 0 saturated carbocycles. The second-order valence-electron chi connectivity index (χ2n) is 3.18. The van der Waals surface area contributed by atoms with E-state index in [1.54, 1.807) is 0 Å². The van der Waals surface area contributed by atoms with E-state index in [9.17, 15) is 5.11 Å². The van der Waals surface area contributed by atoms with Crippen LogP contribution in [0, 0.1) is 0 Å². The van der Waals surface area contributed by atoms with Crippen LogP contribution in [0.4, 0.5) is 0 Å². The van der Waals surface area contributed by atoms with Crippen molar-refractivity contribution in [3.8, 4) is 0 Å². The van der Waals surface area contributed by atoms with E-state index in [0.29, 0.717) is 6.04 Å². The number of likely N-dealkylation sites (N-methyl/N-ethyl adjacent to an activating group) is 1. The van der Waals surface area contributed by atoms with Gasteiger partial charge in [-0.2, -0.15) is 0 Å². The van der Waals surface area contributed by atoms with E-state index in [0.717, 1.165) is 32.5 Å². The van der Waals surface area contributed by atoms with Gasteiger partial charge in [-0.1, -0.05) is 0 Å². The molecule has 0 spiro atoms. The lowest BCUT2D eigenvalue weighted by atomic mass is 10.1. The first kappa shape index (κ1) is 8.97. The number of rotatable bonds is 3. The van der Waals surface area contributed by atoms with Crippen LogP contribution < -0.4 is 5.32 Å². The molecule has 3 nitrogen and oxygen atoms in total. The molecule has 1 rings (SSSR count). The Labute approximate surface area is 68.4 Å². The molecule has 1 aliphatic heterocycles. The van der Waals surface area contributed by atoms with Crippen molar-refractivity contribution in [1.29, 1.82) is 0 Å². The fourth-order valence-electron chi connectivity index (χ4n) is 1.50. The second-order valence-corrected chi connectivity index (χ2v) is 3.18. The Bertz CT molecular complexity index is 108. The molecule has 1 fully saturated rings. The summed E-state index contributed by atoms with van der Waals surface area (Å²) in [5, 5.41) is 13.6. The number of nitrogens with one attached hydrogen (secondary N) is 1. The van der Waals surface area contributed by atoms with Gasteiger partial charge in [-0.25, -0.2) is 5.11 Å². The molecule has 1 saturated heterocycles. The first-order valence-corrected chi connectivity index (χ1v) is 4.33. The molecule has 1 atom stereocenters. The summed E-state index contributed by atoms with van der Waals surface area (Å²) in [6.07, 6.45) is 1.86. The molecule has 0 amide bonds. The molecule has 65 valence electrons. The first-order valence-electron chi connectivity index (χ1n) is 4.33. The molecular weight excluding hydrogens is 140 g/mol. The average Bonchev–Trinajstić information content (AvgIpc) is 2.03. The Morgan fingerprint density at radius 2 is 2.45 bits per heavy atom. The van der Waals surface area contributed by atoms with Crippen molar-refractivity contribution in [2.24, 2.45) is 0 Å². The summed E-state index contributed by atoms with van der Waals surface area (Å²) in [7, 11) is 2.14. The average molecular weight is 157 g/mol. The summed E-state index contributed by atoms with van der Waals surface area (Å²) < 4.78 is 0. The van der Waals surface area contributed by atoms with Gasteiger partial charge in [0.2, 0.25) is 0 Å². The quantitative estimate of drug-likeness (QED) is 0.630. The maximum atomic E-state index is 10.2. The van der Waals surface area contributed by atoms with Gasteiger partial charge >= 0.3 is 0 Å². The molecule has 3 heteroatoms. The molecule has 1 N–H and O–H groups in total. The van der Waals surface area contributed by atoms with Crippen molar-refractivity contribution < 1.29 is 5.11 Å². The van der Waals surface area contributed by atoms with Crippen LogP contribution >= 0.6 is 0 Å². The van der Waals surface area contributed by atoms with Crippen molar-refractivity contribution in [2.75, 3.05) is 33.3 Å². The van der Waals surface area contributed by atoms with Crippen LogP contribution in [0.25, 0.3) is 0 Å². The Kier molecular flexibility index (Phi) is 3.83. The fraction of sp³-hybridized carbons (Fsp3) is 1.00. The first-order chi connectivity index (χ1) is 5.34. The minimum atomic E-state index is 0.0737. The van der Waals surface area contributed by atoms with Crippen LogP contribution in [-0.4, -0.2) is 44.2 Å². The molecule has 1 aliphatic rings. The van der Waals surface area contributed by atoms with Crippen molar-refractivity contribution in [2.45, 2.75) is 18.9 Å². The van der Waals surface area contributed by atoms with E-state index in [-0.39, 0.29) is 6.61 Å². The van der Waals surface area contributed by atoms with Gasteiger partial charge < -0.3 is 10.2 Å². The topological polar surface area (TPSA) is 35.2 Å². The van der Waals surface area contributed by atoms with E-state index >= 15 is 0 Å². The highest BCUT2D eigenvalue weighted by molar-refractivity contribution is 4.76. The monoisotopic (exact) mass is 157 g/mol. The third kappa shape index (κ3) is 2.77. The summed E-state index contributed by atoms with van der Waals surface area (Å²) in [5.74, 6) is 0. The SMILES string of the molecule is CN1CCNCC1CCC[O]. The highest BCUT2D eigenvalue weighted by Crippen LogP contribution is 2.06. The van der Waals surface area contributed by atoms with E-state index < -0.39 is 0 Å². The van der Waals surface area contributed by atoms with Crippen molar-refractivity contribution in [3.63, 3.8) is 0 Å². The lowest BCUT2D eigenvalue weighted by Crippen LogP contribution is -2.49. The van der Waals surface area contributed by atoms with Crippen LogP contribution in [0.5, 0.6) is 0 Å². The van der Waals surface area contributed by atoms with Crippen molar-refractivity contribution in [1.82, 2.24) is 10.2 Å². The molecule has 0 bridgehead atoms. The standard InChI is InChI=1S/C8H17N2O/c1-10-5-4-9-7-8(10)3-2-6-11/h8-9H,2-7H2,1H3. The predicted molar refractivity (Wildman–Crippen MR) is 44.1 cm³/mol. The van der Waals surface area contributed by atoms with Crippen LogP contribution in [-0.2, 0) is 5.11 Å². The Morgan fingerprint density at radius 1 is 1.64 bits per heavy atom. The number of piperazine rings is 1. The molecule has 11 heavy (non-hydrogen) atoms. The Morgan fingerprint density at radius 3 is 3.09 bits per heavy atom. The Hall–Kier alpha value is -0.120. The lowest BCUT2D eigenvalue weighted by molar-refractivity contribution is 0.150. The Balaban J connectivity index is 2.18. The zero-order valence-electron chi connectivity index (χ0n) is 7.18. The molecule has 0 aromatic carbocycles. The molecule has 1 unspecified atom stereocenters. The predicted octanol–water partition coefficient (Wildman–Crippen LogP) is 0.101. The summed E-state index contributed by atoms with van der Waals surface area (Å²) in [5.41, 5.74) is 0. The van der Waals surface area contributed by atoms with Gasteiger partial charge in [-0.3, -0.25) is 0 Å². The second kappa shape index (κ2) is 4.70. The van der Waals surface area contributed by atoms with E-state index in [2.05, 4.69) is 17.3 Å². The molecule has 0 aromatic rings. The molecule has 1 heterocycles. The minimum Gasteiger partial charge on any atom is -0.314 e. The highest BCUT2D eigenvalue weighted by Gasteiger charge is 2.17. The van der Waals surface area contributed by atoms with E-state index in [4.69, 9.17) is 0 Å². The highest BCUT2D eigenvalue weighted by atomic mass is 16.2. The third-order valence-corrected chi connectivity index (χ3v) is 2.33. The maximum Gasteiger partial charge on any atom is 0.0822 e. The minimum absolute atomic E-state index is 0.0737. The smallest absolute Gasteiger partial charge is 0.0822 e. The summed E-state index contributed by atoms with van der Waals surface area (Å²) in [6.45, 7) is 3.33. The fourth-order valence-corrected chi connectivity index (χ4v) is 1.50. The lowest BCUT2D eigenvalue weighted by Gasteiger charge is -2.32. The van der Waals surface area contributed by atoms with E-state index in [1.165, 1.54) is 0 Å². The largest absolute Gasteiger partial charge is 0.314 e. The van der Waals surface area contributed by atoms with Gasteiger partial charge in [0.1, 0.15) is 0 Å². The van der Waals surface area contributed by atoms with Crippen LogP contribution in [0.2, 0.25) is 0 Å². The summed E-state index contributed by atoms with van der Waals surface area (Å²) >= 11 is 0. The molecule has 1 radical (unpaired) electrons. The van der Waals surface area contributed by atoms with Crippen LogP contribution in [0.15, 0.2) is 0 Å². The normalized spacial score (nSPS) is 27.3. The van der Waals surface area contributed by atoms with Crippen molar-refractivity contribution >= 4 is 0 Å². The van der Waals surface area contributed by atoms with Gasteiger partial charge in [0.15, 0.2) is 0 Å². The zero-order chi connectivity index (χ0) is 8.10. The molecule has 0 aromatic heterocycles. The molecule has 0 aliphatic carbocycles. The summed E-state index contributed by atoms with van der Waals surface area (Å²) in [4.78, 5) is 2.34. The number of hydrogen-bond acceptors (Lipinski definition) is 2. The van der Waals surface area contributed by atoms with Gasteiger partial charge in [0, 0.05) is 25.7 Å². The van der Waals surface area contributed by atoms with E-state index in [1.807, 2.05) is 0 Å². The third-order valence-electron chi connectivity index (χ3n) is 2.33.